The van der Waals surface area contributed by atoms with Gasteiger partial charge in [-0.15, -0.1) is 11.1 Å². The van der Waals surface area contributed by atoms with Gasteiger partial charge in [-0.05, 0) is 21.5 Å². The molecule has 0 aromatic heterocycles. The molecule has 0 aliphatic carbocycles. The normalized spacial score (nSPS) is 12.2. The molecule has 0 saturated carbocycles. The highest BCUT2D eigenvalue weighted by atomic mass is 28.4. The van der Waals surface area contributed by atoms with Crippen molar-refractivity contribution in [1.29, 1.82) is 0 Å². The van der Waals surface area contributed by atoms with E-state index in [2.05, 4.69) is 150 Å². The zero-order valence-electron chi connectivity index (χ0n) is 22.0. The Balaban J connectivity index is 2.56. The van der Waals surface area contributed by atoms with E-state index in [1.54, 1.807) is 0 Å². The molecule has 0 amide bonds. The molecule has 0 fully saturated rings. The lowest BCUT2D eigenvalue weighted by atomic mass is 10.2. The fourth-order valence-corrected chi connectivity index (χ4v) is 9.16. The van der Waals surface area contributed by atoms with Crippen molar-refractivity contribution in [3.8, 4) is 22.9 Å². The van der Waals surface area contributed by atoms with Crippen molar-refractivity contribution < 1.29 is 4.43 Å². The van der Waals surface area contributed by atoms with E-state index in [1.165, 1.54) is 10.4 Å². The number of rotatable bonds is 5. The molecule has 33 heavy (non-hydrogen) atoms. The summed E-state index contributed by atoms with van der Waals surface area (Å²) in [6, 6.07) is 21.5. The summed E-state index contributed by atoms with van der Waals surface area (Å²) in [5, 5.41) is 2.54. The minimum atomic E-state index is -2.56. The van der Waals surface area contributed by atoms with Crippen molar-refractivity contribution in [2.45, 2.75) is 65.1 Å². The molecule has 0 bridgehead atoms. The molecule has 0 saturated heterocycles. The first-order chi connectivity index (χ1) is 15.2. The van der Waals surface area contributed by atoms with Gasteiger partial charge in [-0.1, -0.05) is 133 Å². The van der Waals surface area contributed by atoms with Crippen molar-refractivity contribution >= 4 is 34.8 Å². The van der Waals surface area contributed by atoms with E-state index in [1.807, 2.05) is 0 Å². The summed E-state index contributed by atoms with van der Waals surface area (Å²) in [5.74, 6) is 6.79. The third-order valence-corrected chi connectivity index (χ3v) is 11.9. The Labute approximate surface area is 205 Å². The van der Waals surface area contributed by atoms with E-state index in [0.717, 1.165) is 5.57 Å². The first-order valence-corrected chi connectivity index (χ1v) is 20.7. The van der Waals surface area contributed by atoms with Gasteiger partial charge < -0.3 is 4.43 Å². The van der Waals surface area contributed by atoms with Crippen molar-refractivity contribution in [2.75, 3.05) is 6.61 Å². The summed E-state index contributed by atoms with van der Waals surface area (Å²) in [5.41, 5.74) is 7.88. The summed E-state index contributed by atoms with van der Waals surface area (Å²) in [4.78, 5) is 0. The van der Waals surface area contributed by atoms with E-state index in [9.17, 15) is 0 Å². The maximum Gasteiger partial charge on any atom is 0.261 e. The van der Waals surface area contributed by atoms with Gasteiger partial charge in [-0.25, -0.2) is 0 Å². The number of hydrogen-bond acceptors (Lipinski definition) is 1. The zero-order chi connectivity index (χ0) is 24.8. The quantitative estimate of drug-likeness (QED) is 0.357. The van der Waals surface area contributed by atoms with Gasteiger partial charge in [0.25, 0.3) is 8.32 Å². The highest BCUT2D eigenvalue weighted by molar-refractivity contribution is 6.99. The lowest BCUT2D eigenvalue weighted by Crippen LogP contribution is -2.66. The molecule has 0 heterocycles. The van der Waals surface area contributed by atoms with Crippen LogP contribution in [0, 0.1) is 22.9 Å². The minimum Gasteiger partial charge on any atom is -0.404 e. The minimum absolute atomic E-state index is 0.0439. The molecule has 0 unspecified atom stereocenters. The van der Waals surface area contributed by atoms with Gasteiger partial charge in [0.2, 0.25) is 0 Å². The summed E-state index contributed by atoms with van der Waals surface area (Å²) in [7, 11) is -5.55. The van der Waals surface area contributed by atoms with E-state index in [4.69, 9.17) is 4.43 Å². The van der Waals surface area contributed by atoms with Gasteiger partial charge in [-0.2, -0.15) is 0 Å². The summed E-state index contributed by atoms with van der Waals surface area (Å²) < 4.78 is 7.01. The number of benzene rings is 2. The Morgan fingerprint density at radius 2 is 1.12 bits per heavy atom. The molecule has 0 atom stereocenters. The first-order valence-electron chi connectivity index (χ1n) is 11.8. The fraction of sp³-hybridized carbons (Fsp3) is 0.379. The second-order valence-electron chi connectivity index (χ2n) is 11.6. The molecule has 0 aliphatic rings. The van der Waals surface area contributed by atoms with Crippen LogP contribution in [0.15, 0.2) is 72.3 Å². The van der Waals surface area contributed by atoms with Crippen LogP contribution in [-0.4, -0.2) is 31.1 Å². The van der Waals surface area contributed by atoms with Crippen LogP contribution in [0.3, 0.4) is 0 Å². The van der Waals surface area contributed by atoms with Crippen LogP contribution in [0.1, 0.15) is 20.8 Å². The standard InChI is InChI=1S/C29H40OSi3/c1-29(2,3)33(27-16-12-10-13-17-27,28-18-14-11-15-19-28)30-23-20-26(21-24-31(4,5)6)22-25-32(7,8)9/h10-20H,23H2,1-9H3. The molecular weight excluding hydrogens is 449 g/mol. The van der Waals surface area contributed by atoms with Crippen molar-refractivity contribution in [3.05, 3.63) is 72.3 Å². The van der Waals surface area contributed by atoms with E-state index in [-0.39, 0.29) is 5.04 Å². The maximum atomic E-state index is 7.01. The predicted octanol–water partition coefficient (Wildman–Crippen LogP) is 6.25. The SMILES string of the molecule is CC(C)(C)[Si](OCC=C(C#C[Si](C)(C)C)C#C[Si](C)(C)C)(c1ccccc1)c1ccccc1. The fourth-order valence-electron chi connectivity index (χ4n) is 3.65. The monoisotopic (exact) mass is 488 g/mol. The lowest BCUT2D eigenvalue weighted by molar-refractivity contribution is 0.339. The van der Waals surface area contributed by atoms with Crippen molar-refractivity contribution in [1.82, 2.24) is 0 Å². The van der Waals surface area contributed by atoms with Gasteiger partial charge in [0, 0.05) is 0 Å². The third-order valence-electron chi connectivity index (χ3n) is 5.15. The van der Waals surface area contributed by atoms with Crippen LogP contribution in [0.5, 0.6) is 0 Å². The topological polar surface area (TPSA) is 9.23 Å². The third kappa shape index (κ3) is 8.02. The number of allylic oxidation sites excluding steroid dienone is 1. The van der Waals surface area contributed by atoms with Crippen LogP contribution < -0.4 is 10.4 Å². The molecular formula is C29H40OSi3. The van der Waals surface area contributed by atoms with Gasteiger partial charge in [0.15, 0.2) is 0 Å². The van der Waals surface area contributed by atoms with Crippen LogP contribution in [0.2, 0.25) is 44.3 Å². The lowest BCUT2D eigenvalue weighted by Gasteiger charge is -2.42. The van der Waals surface area contributed by atoms with E-state index < -0.39 is 24.5 Å². The molecule has 2 aromatic carbocycles. The van der Waals surface area contributed by atoms with Gasteiger partial charge >= 0.3 is 0 Å². The average molecular weight is 489 g/mol. The smallest absolute Gasteiger partial charge is 0.261 e. The van der Waals surface area contributed by atoms with Crippen molar-refractivity contribution in [3.63, 3.8) is 0 Å². The van der Waals surface area contributed by atoms with E-state index in [0.29, 0.717) is 6.61 Å². The molecule has 0 spiro atoms. The van der Waals surface area contributed by atoms with E-state index >= 15 is 0 Å². The molecule has 0 N–H and O–H groups in total. The maximum absolute atomic E-state index is 7.01. The Bertz CT molecular complexity index is 986. The van der Waals surface area contributed by atoms with Gasteiger partial charge in [-0.3, -0.25) is 0 Å². The molecule has 0 aliphatic heterocycles. The largest absolute Gasteiger partial charge is 0.404 e. The second kappa shape index (κ2) is 10.9. The molecule has 4 heteroatoms. The zero-order valence-corrected chi connectivity index (χ0v) is 25.0. The highest BCUT2D eigenvalue weighted by Crippen LogP contribution is 2.36. The Morgan fingerprint density at radius 3 is 1.45 bits per heavy atom. The van der Waals surface area contributed by atoms with Crippen LogP contribution in [0.25, 0.3) is 0 Å². The number of hydrogen-bond donors (Lipinski definition) is 0. The second-order valence-corrected chi connectivity index (χ2v) is 25.4. The Morgan fingerprint density at radius 1 is 0.727 bits per heavy atom. The Hall–Kier alpha value is -2.09. The summed E-state index contributed by atoms with van der Waals surface area (Å²) >= 11 is 0. The predicted molar refractivity (Wildman–Crippen MR) is 154 cm³/mol. The first kappa shape index (κ1) is 27.2. The molecule has 0 radical (unpaired) electrons. The molecule has 2 aromatic rings. The molecule has 2 rings (SSSR count). The molecule has 174 valence electrons. The van der Waals surface area contributed by atoms with Gasteiger partial charge in [0.1, 0.15) is 16.1 Å². The Kier molecular flexibility index (Phi) is 8.96. The van der Waals surface area contributed by atoms with Crippen molar-refractivity contribution in [2.24, 2.45) is 0 Å². The summed E-state index contributed by atoms with van der Waals surface area (Å²) in [6.07, 6.45) is 2.11. The van der Waals surface area contributed by atoms with Crippen LogP contribution in [-0.2, 0) is 4.43 Å². The molecule has 1 nitrogen and oxygen atoms in total. The summed E-state index contributed by atoms with van der Waals surface area (Å²) in [6.45, 7) is 21.0. The highest BCUT2D eigenvalue weighted by Gasteiger charge is 2.49. The van der Waals surface area contributed by atoms with Crippen LogP contribution in [0.4, 0.5) is 0 Å². The average Bonchev–Trinajstić information content (AvgIpc) is 2.71. The van der Waals surface area contributed by atoms with Crippen LogP contribution >= 0.6 is 0 Å². The van der Waals surface area contributed by atoms with Gasteiger partial charge in [0.05, 0.1) is 12.2 Å².